The lowest BCUT2D eigenvalue weighted by atomic mass is 10.00. The summed E-state index contributed by atoms with van der Waals surface area (Å²) < 4.78 is 7.12. The van der Waals surface area contributed by atoms with Crippen LogP contribution in [0.4, 0.5) is 0 Å². The second-order valence-electron chi connectivity index (χ2n) is 8.71. The highest BCUT2D eigenvalue weighted by Gasteiger charge is 2.46. The summed E-state index contributed by atoms with van der Waals surface area (Å²) in [5.74, 6) is -1.41. The van der Waals surface area contributed by atoms with E-state index in [0.717, 1.165) is 49.8 Å². The standard InChI is InChI=1S/C26H28N4O4S/c1-18-20(17-27-30(18)19-7-3-2-4-8-19)24(31)22-23(21-9-5-16-35-21)29(26(33)25(22)32)11-6-10-28-12-14-34-15-13-28/h2-5,7-9,16-17,23,31H,6,10-15H2,1H3/b24-22-. The number of para-hydroxylation sites is 1. The topological polar surface area (TPSA) is 87.9 Å². The van der Waals surface area contributed by atoms with Crippen LogP contribution < -0.4 is 0 Å². The molecule has 0 aliphatic carbocycles. The van der Waals surface area contributed by atoms with E-state index in [1.54, 1.807) is 15.8 Å². The van der Waals surface area contributed by atoms with Gasteiger partial charge in [0.05, 0.1) is 48.0 Å². The van der Waals surface area contributed by atoms with Crippen LogP contribution in [0.15, 0.2) is 59.6 Å². The van der Waals surface area contributed by atoms with E-state index in [1.165, 1.54) is 11.3 Å². The van der Waals surface area contributed by atoms with Gasteiger partial charge in [-0.05, 0) is 36.9 Å². The molecule has 2 aromatic heterocycles. The molecule has 4 heterocycles. The molecular weight excluding hydrogens is 464 g/mol. The highest BCUT2D eigenvalue weighted by Crippen LogP contribution is 2.41. The summed E-state index contributed by atoms with van der Waals surface area (Å²) in [7, 11) is 0. The number of carbonyl (C=O) groups is 2. The van der Waals surface area contributed by atoms with Crippen molar-refractivity contribution in [2.45, 2.75) is 19.4 Å². The number of carbonyl (C=O) groups excluding carboxylic acids is 2. The van der Waals surface area contributed by atoms with Crippen LogP contribution in [0.5, 0.6) is 0 Å². The first-order valence-corrected chi connectivity index (χ1v) is 12.7. The molecule has 0 saturated carbocycles. The van der Waals surface area contributed by atoms with Crippen LogP contribution in [-0.4, -0.2) is 75.8 Å². The molecular formula is C26H28N4O4S. The largest absolute Gasteiger partial charge is 0.507 e. The van der Waals surface area contributed by atoms with Crippen molar-refractivity contribution in [3.05, 3.63) is 75.7 Å². The first kappa shape index (κ1) is 23.5. The number of thiophene rings is 1. The molecule has 0 bridgehead atoms. The number of ketones is 1. The van der Waals surface area contributed by atoms with Gasteiger partial charge in [0.15, 0.2) is 0 Å². The molecule has 5 rings (SSSR count). The highest BCUT2D eigenvalue weighted by molar-refractivity contribution is 7.10. The van der Waals surface area contributed by atoms with Gasteiger partial charge in [-0.1, -0.05) is 24.3 Å². The molecule has 1 amide bonds. The number of ether oxygens (including phenoxy) is 1. The van der Waals surface area contributed by atoms with E-state index in [4.69, 9.17) is 4.74 Å². The Morgan fingerprint density at radius 2 is 1.89 bits per heavy atom. The number of aliphatic hydroxyl groups is 1. The highest BCUT2D eigenvalue weighted by atomic mass is 32.1. The van der Waals surface area contributed by atoms with E-state index < -0.39 is 17.7 Å². The number of Topliss-reactive ketones (excluding diaryl/α,β-unsaturated/α-hetero) is 1. The SMILES string of the molecule is Cc1c(/C(O)=C2/C(=O)C(=O)N(CCCN3CCOCC3)C2c2cccs2)cnn1-c1ccccc1. The van der Waals surface area contributed by atoms with Gasteiger partial charge in [0, 0.05) is 31.1 Å². The molecule has 1 atom stereocenters. The zero-order valence-electron chi connectivity index (χ0n) is 19.6. The van der Waals surface area contributed by atoms with Gasteiger partial charge in [-0.25, -0.2) is 4.68 Å². The molecule has 1 N–H and O–H groups in total. The summed E-state index contributed by atoms with van der Waals surface area (Å²) in [6.07, 6.45) is 2.29. The number of hydrogen-bond acceptors (Lipinski definition) is 7. The van der Waals surface area contributed by atoms with Crippen LogP contribution in [0.1, 0.15) is 28.6 Å². The van der Waals surface area contributed by atoms with Crippen molar-refractivity contribution in [2.75, 3.05) is 39.4 Å². The Labute approximate surface area is 208 Å². The average molecular weight is 493 g/mol. The molecule has 0 radical (unpaired) electrons. The first-order chi connectivity index (χ1) is 17.1. The van der Waals surface area contributed by atoms with Gasteiger partial charge in [-0.15, -0.1) is 11.3 Å². The summed E-state index contributed by atoms with van der Waals surface area (Å²) in [4.78, 5) is 31.1. The van der Waals surface area contributed by atoms with Crippen molar-refractivity contribution in [3.8, 4) is 5.69 Å². The molecule has 182 valence electrons. The van der Waals surface area contributed by atoms with Gasteiger partial charge in [0.25, 0.3) is 11.7 Å². The zero-order chi connectivity index (χ0) is 24.4. The summed E-state index contributed by atoms with van der Waals surface area (Å²) in [5, 5.41) is 17.7. The molecule has 0 spiro atoms. The normalized spacial score (nSPS) is 20.6. The van der Waals surface area contributed by atoms with E-state index in [0.29, 0.717) is 17.8 Å². The summed E-state index contributed by atoms with van der Waals surface area (Å²) in [6.45, 7) is 6.28. The lowest BCUT2D eigenvalue weighted by Gasteiger charge is -2.28. The van der Waals surface area contributed by atoms with Gasteiger partial charge in [-0.3, -0.25) is 14.5 Å². The fourth-order valence-electron chi connectivity index (χ4n) is 4.76. The number of benzene rings is 1. The van der Waals surface area contributed by atoms with Crippen molar-refractivity contribution in [2.24, 2.45) is 0 Å². The van der Waals surface area contributed by atoms with Gasteiger partial charge in [-0.2, -0.15) is 5.10 Å². The molecule has 1 aromatic carbocycles. The van der Waals surface area contributed by atoms with Crippen molar-refractivity contribution >= 4 is 28.8 Å². The molecule has 35 heavy (non-hydrogen) atoms. The third kappa shape index (κ3) is 4.54. The lowest BCUT2D eigenvalue weighted by Crippen LogP contribution is -2.38. The molecule has 3 aromatic rings. The second kappa shape index (κ2) is 10.2. The number of amides is 1. The van der Waals surface area contributed by atoms with Crippen LogP contribution in [0.25, 0.3) is 11.4 Å². The Kier molecular flexibility index (Phi) is 6.81. The number of morpholine rings is 1. The van der Waals surface area contributed by atoms with Crippen LogP contribution >= 0.6 is 11.3 Å². The lowest BCUT2D eigenvalue weighted by molar-refractivity contribution is -0.140. The predicted octanol–water partition coefficient (Wildman–Crippen LogP) is 3.39. The van der Waals surface area contributed by atoms with Gasteiger partial charge < -0.3 is 14.7 Å². The maximum atomic E-state index is 13.2. The molecule has 2 fully saturated rings. The van der Waals surface area contributed by atoms with Crippen molar-refractivity contribution in [1.29, 1.82) is 0 Å². The molecule has 2 aliphatic rings. The maximum Gasteiger partial charge on any atom is 0.295 e. The zero-order valence-corrected chi connectivity index (χ0v) is 20.4. The minimum Gasteiger partial charge on any atom is -0.507 e. The second-order valence-corrected chi connectivity index (χ2v) is 9.69. The third-order valence-corrected chi connectivity index (χ3v) is 7.52. The third-order valence-electron chi connectivity index (χ3n) is 6.60. The quantitative estimate of drug-likeness (QED) is 0.309. The Morgan fingerprint density at radius 1 is 1.11 bits per heavy atom. The average Bonchev–Trinajstić information content (AvgIpc) is 3.60. The molecule has 2 aliphatic heterocycles. The number of rotatable bonds is 7. The van der Waals surface area contributed by atoms with E-state index in [9.17, 15) is 14.7 Å². The Balaban J connectivity index is 1.47. The smallest absolute Gasteiger partial charge is 0.295 e. The van der Waals surface area contributed by atoms with Gasteiger partial charge in [0.2, 0.25) is 0 Å². The number of aromatic nitrogens is 2. The van der Waals surface area contributed by atoms with E-state index in [-0.39, 0.29) is 11.3 Å². The van der Waals surface area contributed by atoms with Crippen LogP contribution in [0, 0.1) is 6.92 Å². The maximum absolute atomic E-state index is 13.2. The fourth-order valence-corrected chi connectivity index (χ4v) is 5.60. The summed E-state index contributed by atoms with van der Waals surface area (Å²) in [6, 6.07) is 12.8. The van der Waals surface area contributed by atoms with Crippen molar-refractivity contribution in [1.82, 2.24) is 19.6 Å². The predicted molar refractivity (Wildman–Crippen MR) is 134 cm³/mol. The molecule has 1 unspecified atom stereocenters. The van der Waals surface area contributed by atoms with Gasteiger partial charge in [0.1, 0.15) is 5.76 Å². The van der Waals surface area contributed by atoms with Crippen LogP contribution in [0.2, 0.25) is 0 Å². The van der Waals surface area contributed by atoms with Gasteiger partial charge >= 0.3 is 0 Å². The van der Waals surface area contributed by atoms with Crippen LogP contribution in [0.3, 0.4) is 0 Å². The first-order valence-electron chi connectivity index (χ1n) is 11.8. The number of nitrogens with zero attached hydrogens (tertiary/aromatic N) is 4. The molecule has 2 saturated heterocycles. The molecule has 8 nitrogen and oxygen atoms in total. The minimum atomic E-state index is -0.654. The Bertz CT molecular complexity index is 1230. The summed E-state index contributed by atoms with van der Waals surface area (Å²) in [5.41, 5.74) is 2.11. The fraction of sp³-hybridized carbons (Fsp3) is 0.346. The Morgan fingerprint density at radius 3 is 2.60 bits per heavy atom. The van der Waals surface area contributed by atoms with Crippen molar-refractivity contribution < 1.29 is 19.4 Å². The van der Waals surface area contributed by atoms with E-state index in [2.05, 4.69) is 10.00 Å². The summed E-state index contributed by atoms with van der Waals surface area (Å²) >= 11 is 1.47. The monoisotopic (exact) mass is 492 g/mol. The van der Waals surface area contributed by atoms with E-state index in [1.807, 2.05) is 54.8 Å². The van der Waals surface area contributed by atoms with Crippen molar-refractivity contribution in [3.63, 3.8) is 0 Å². The van der Waals surface area contributed by atoms with Crippen LogP contribution in [-0.2, 0) is 14.3 Å². The minimum absolute atomic E-state index is 0.125. The number of aliphatic hydroxyl groups excluding tert-OH is 1. The van der Waals surface area contributed by atoms with E-state index >= 15 is 0 Å². The number of hydrogen-bond donors (Lipinski definition) is 1. The Hall–Kier alpha value is -3.27. The number of likely N-dealkylation sites (tertiary alicyclic amines) is 1. The molecule has 9 heteroatoms.